The van der Waals surface area contributed by atoms with Gasteiger partial charge >= 0.3 is 11.9 Å². The molecule has 1 aromatic carbocycles. The van der Waals surface area contributed by atoms with Crippen LogP contribution in [0, 0.1) is 5.92 Å². The fourth-order valence-electron chi connectivity index (χ4n) is 2.76. The van der Waals surface area contributed by atoms with Gasteiger partial charge in [0.1, 0.15) is 11.4 Å². The van der Waals surface area contributed by atoms with E-state index in [4.69, 9.17) is 9.47 Å². The summed E-state index contributed by atoms with van der Waals surface area (Å²) in [6.45, 7) is 5.34. The molecule has 26 heavy (non-hydrogen) atoms. The molecule has 0 aliphatic carbocycles. The lowest BCUT2D eigenvalue weighted by Crippen LogP contribution is -2.27. The third-order valence-electron chi connectivity index (χ3n) is 4.11. The van der Waals surface area contributed by atoms with E-state index in [1.807, 2.05) is 12.1 Å². The monoisotopic (exact) mass is 364 g/mol. The summed E-state index contributed by atoms with van der Waals surface area (Å²) in [6, 6.07) is 8.06. The number of carboxylic acids is 1. The number of ether oxygens (including phenoxy) is 2. The van der Waals surface area contributed by atoms with Crippen molar-refractivity contribution in [3.05, 3.63) is 29.8 Å². The summed E-state index contributed by atoms with van der Waals surface area (Å²) in [6.07, 6.45) is 5.34. The second-order valence-electron chi connectivity index (χ2n) is 7.63. The molecule has 1 atom stereocenters. The minimum atomic E-state index is -0.922. The lowest BCUT2D eigenvalue weighted by molar-refractivity contribution is -0.160. The summed E-state index contributed by atoms with van der Waals surface area (Å²) < 4.78 is 10.4. The molecule has 1 N–H and O–H groups in total. The molecule has 0 radical (unpaired) electrons. The minimum Gasteiger partial charge on any atom is -0.497 e. The van der Waals surface area contributed by atoms with Crippen molar-refractivity contribution in [3.63, 3.8) is 0 Å². The number of carbonyl (C=O) groups is 2. The fourth-order valence-corrected chi connectivity index (χ4v) is 2.76. The number of aryl methyl sites for hydroxylation is 1. The number of esters is 1. The zero-order valence-electron chi connectivity index (χ0n) is 16.4. The first-order valence-electron chi connectivity index (χ1n) is 9.29. The molecule has 0 unspecified atom stereocenters. The molecule has 0 aliphatic rings. The second kappa shape index (κ2) is 10.8. The number of unbranched alkanes of at least 4 members (excludes halogenated alkanes) is 3. The van der Waals surface area contributed by atoms with E-state index in [1.54, 1.807) is 27.9 Å². The largest absolute Gasteiger partial charge is 0.497 e. The Bertz CT molecular complexity index is 557. The van der Waals surface area contributed by atoms with Crippen LogP contribution >= 0.6 is 0 Å². The summed E-state index contributed by atoms with van der Waals surface area (Å²) in [5.41, 5.74) is 0.695. The van der Waals surface area contributed by atoms with Gasteiger partial charge in [-0.3, -0.25) is 9.59 Å². The molecule has 0 aromatic heterocycles. The van der Waals surface area contributed by atoms with Crippen LogP contribution in [0.5, 0.6) is 5.75 Å². The van der Waals surface area contributed by atoms with Gasteiger partial charge in [0.25, 0.3) is 0 Å². The molecule has 0 spiro atoms. The number of benzene rings is 1. The molecular formula is C21H32O5. The van der Waals surface area contributed by atoms with Crippen LogP contribution in [0.15, 0.2) is 24.3 Å². The molecule has 0 amide bonds. The zero-order valence-corrected chi connectivity index (χ0v) is 16.4. The van der Waals surface area contributed by atoms with Crippen molar-refractivity contribution >= 4 is 11.9 Å². The molecule has 0 fully saturated rings. The Kier molecular flexibility index (Phi) is 9.17. The normalized spacial score (nSPS) is 12.5. The molecule has 5 heteroatoms. The van der Waals surface area contributed by atoms with Gasteiger partial charge in [-0.1, -0.05) is 31.4 Å². The second-order valence-corrected chi connectivity index (χ2v) is 7.63. The van der Waals surface area contributed by atoms with Crippen molar-refractivity contribution in [2.75, 3.05) is 7.11 Å². The van der Waals surface area contributed by atoms with Crippen LogP contribution in [0.3, 0.4) is 0 Å². The Morgan fingerprint density at radius 1 is 1.04 bits per heavy atom. The van der Waals surface area contributed by atoms with Gasteiger partial charge in [0, 0.05) is 0 Å². The van der Waals surface area contributed by atoms with E-state index in [9.17, 15) is 14.7 Å². The average Bonchev–Trinajstić information content (AvgIpc) is 2.55. The van der Waals surface area contributed by atoms with Crippen molar-refractivity contribution in [1.29, 1.82) is 0 Å². The third-order valence-corrected chi connectivity index (χ3v) is 4.11. The summed E-state index contributed by atoms with van der Waals surface area (Å²) in [5, 5.41) is 9.30. The minimum absolute atomic E-state index is 0.0571. The standard InChI is InChI=1S/C21H32O5/c1-21(2,3)26-19(22)15-17(20(23)24)10-8-6-5-7-9-16-11-13-18(25-4)14-12-16/h11-14,17H,5-10,15H2,1-4H3,(H,23,24)/t17-/m1/s1. The van der Waals surface area contributed by atoms with Crippen LogP contribution in [0.2, 0.25) is 0 Å². The van der Waals surface area contributed by atoms with E-state index in [-0.39, 0.29) is 6.42 Å². The number of hydrogen-bond acceptors (Lipinski definition) is 4. The molecule has 1 rings (SSSR count). The molecule has 1 aromatic rings. The van der Waals surface area contributed by atoms with Crippen molar-refractivity contribution in [2.45, 2.75) is 71.3 Å². The molecule has 0 saturated heterocycles. The highest BCUT2D eigenvalue weighted by molar-refractivity contribution is 5.78. The highest BCUT2D eigenvalue weighted by atomic mass is 16.6. The van der Waals surface area contributed by atoms with Gasteiger partial charge in [0.2, 0.25) is 0 Å². The van der Waals surface area contributed by atoms with Crippen molar-refractivity contribution in [2.24, 2.45) is 5.92 Å². The van der Waals surface area contributed by atoms with Crippen molar-refractivity contribution < 1.29 is 24.2 Å². The maximum Gasteiger partial charge on any atom is 0.307 e. The predicted octanol–water partition coefficient (Wildman–Crippen LogP) is 4.62. The van der Waals surface area contributed by atoms with E-state index in [2.05, 4.69) is 12.1 Å². The molecular weight excluding hydrogens is 332 g/mol. The summed E-state index contributed by atoms with van der Waals surface area (Å²) in [5.74, 6) is -1.16. The maximum absolute atomic E-state index is 11.8. The smallest absolute Gasteiger partial charge is 0.307 e. The number of methoxy groups -OCH3 is 1. The SMILES string of the molecule is COc1ccc(CCCCCC[C@H](CC(=O)OC(C)(C)C)C(=O)O)cc1. The first-order valence-corrected chi connectivity index (χ1v) is 9.29. The fraction of sp³-hybridized carbons (Fsp3) is 0.619. The Hall–Kier alpha value is -2.04. The first kappa shape index (κ1) is 22.0. The van der Waals surface area contributed by atoms with Gasteiger partial charge in [0.05, 0.1) is 19.4 Å². The third kappa shape index (κ3) is 9.44. The Balaban J connectivity index is 2.24. The average molecular weight is 364 g/mol. The van der Waals surface area contributed by atoms with E-state index in [0.717, 1.165) is 37.9 Å². The van der Waals surface area contributed by atoms with E-state index in [0.29, 0.717) is 6.42 Å². The van der Waals surface area contributed by atoms with Gasteiger partial charge < -0.3 is 14.6 Å². The van der Waals surface area contributed by atoms with Crippen LogP contribution in [0.25, 0.3) is 0 Å². The summed E-state index contributed by atoms with van der Waals surface area (Å²) >= 11 is 0. The summed E-state index contributed by atoms with van der Waals surface area (Å²) in [7, 11) is 1.65. The van der Waals surface area contributed by atoms with Gasteiger partial charge in [-0.15, -0.1) is 0 Å². The number of rotatable bonds is 11. The number of carboxylic acid groups (broad SMARTS) is 1. The Morgan fingerprint density at radius 2 is 1.65 bits per heavy atom. The number of hydrogen-bond donors (Lipinski definition) is 1. The number of aliphatic carboxylic acids is 1. The molecule has 0 aliphatic heterocycles. The molecule has 0 heterocycles. The highest BCUT2D eigenvalue weighted by Gasteiger charge is 2.24. The zero-order chi connectivity index (χ0) is 19.6. The van der Waals surface area contributed by atoms with E-state index in [1.165, 1.54) is 5.56 Å². The Labute approximate surface area is 156 Å². The molecule has 0 bridgehead atoms. The van der Waals surface area contributed by atoms with Crippen molar-refractivity contribution in [3.8, 4) is 5.75 Å². The van der Waals surface area contributed by atoms with Crippen LogP contribution in [0.4, 0.5) is 0 Å². The van der Waals surface area contributed by atoms with Gasteiger partial charge in [-0.25, -0.2) is 0 Å². The van der Waals surface area contributed by atoms with Crippen LogP contribution in [-0.2, 0) is 20.7 Å². The van der Waals surface area contributed by atoms with Crippen LogP contribution < -0.4 is 4.74 Å². The first-order chi connectivity index (χ1) is 12.2. The number of carbonyl (C=O) groups excluding carboxylic acids is 1. The quantitative estimate of drug-likeness (QED) is 0.458. The molecule has 146 valence electrons. The van der Waals surface area contributed by atoms with Gasteiger partial charge in [0.15, 0.2) is 0 Å². The highest BCUT2D eigenvalue weighted by Crippen LogP contribution is 2.19. The van der Waals surface area contributed by atoms with Gasteiger partial charge in [-0.05, 0) is 57.7 Å². The lowest BCUT2D eigenvalue weighted by atomic mass is 9.97. The van der Waals surface area contributed by atoms with Crippen molar-refractivity contribution in [1.82, 2.24) is 0 Å². The molecule has 5 nitrogen and oxygen atoms in total. The van der Waals surface area contributed by atoms with E-state index >= 15 is 0 Å². The van der Waals surface area contributed by atoms with Crippen LogP contribution in [0.1, 0.15) is 64.9 Å². The topological polar surface area (TPSA) is 72.8 Å². The molecule has 0 saturated carbocycles. The Morgan fingerprint density at radius 3 is 2.19 bits per heavy atom. The predicted molar refractivity (Wildman–Crippen MR) is 101 cm³/mol. The summed E-state index contributed by atoms with van der Waals surface area (Å²) in [4.78, 5) is 23.2. The van der Waals surface area contributed by atoms with Crippen LogP contribution in [-0.4, -0.2) is 29.8 Å². The maximum atomic E-state index is 11.8. The van der Waals surface area contributed by atoms with Gasteiger partial charge in [-0.2, -0.15) is 0 Å². The lowest BCUT2D eigenvalue weighted by Gasteiger charge is -2.21. The van der Waals surface area contributed by atoms with E-state index < -0.39 is 23.5 Å².